The number of nitrogens with zero attached hydrogens (tertiary/aromatic N) is 1. The maximum atomic E-state index is 12.2. The summed E-state index contributed by atoms with van der Waals surface area (Å²) in [6.07, 6.45) is 2.36. The lowest BCUT2D eigenvalue weighted by Crippen LogP contribution is -2.51. The standard InChI is InChI=1S/C19H24ClN3O/c1-14(22-18(24)23-11-9-21-10-12-23)3-4-15-5-6-17(20)16(13-15)19(2)7-8-19/h5-6,13-14,21H,7-12H2,1-2H3,(H,22,24). The van der Waals surface area contributed by atoms with E-state index in [4.69, 9.17) is 11.6 Å². The Morgan fingerprint density at radius 2 is 2.08 bits per heavy atom. The first-order valence-electron chi connectivity index (χ1n) is 8.56. The molecule has 2 N–H and O–H groups in total. The van der Waals surface area contributed by atoms with Crippen LogP contribution in [0.25, 0.3) is 0 Å². The van der Waals surface area contributed by atoms with Crippen LogP contribution in [0.5, 0.6) is 0 Å². The van der Waals surface area contributed by atoms with E-state index in [0.29, 0.717) is 0 Å². The van der Waals surface area contributed by atoms with E-state index in [9.17, 15) is 4.79 Å². The summed E-state index contributed by atoms with van der Waals surface area (Å²) in [6, 6.07) is 5.72. The maximum absolute atomic E-state index is 12.2. The van der Waals surface area contributed by atoms with Gasteiger partial charge in [0.2, 0.25) is 0 Å². The number of amides is 2. The third-order valence-electron chi connectivity index (χ3n) is 4.79. The zero-order valence-electron chi connectivity index (χ0n) is 14.3. The minimum absolute atomic E-state index is 0.0411. The molecule has 1 saturated carbocycles. The molecule has 2 amide bonds. The lowest BCUT2D eigenvalue weighted by atomic mass is 9.96. The first-order valence-corrected chi connectivity index (χ1v) is 8.93. The lowest BCUT2D eigenvalue weighted by Gasteiger charge is -2.28. The number of benzene rings is 1. The Labute approximate surface area is 148 Å². The van der Waals surface area contributed by atoms with Crippen LogP contribution in [-0.2, 0) is 5.41 Å². The van der Waals surface area contributed by atoms with Gasteiger partial charge in [-0.3, -0.25) is 0 Å². The van der Waals surface area contributed by atoms with Gasteiger partial charge in [-0.15, -0.1) is 0 Å². The average molecular weight is 346 g/mol. The summed E-state index contributed by atoms with van der Waals surface area (Å²) in [5.41, 5.74) is 2.36. The van der Waals surface area contributed by atoms with Crippen LogP contribution in [0.1, 0.15) is 37.8 Å². The summed E-state index contributed by atoms with van der Waals surface area (Å²) in [4.78, 5) is 14.0. The van der Waals surface area contributed by atoms with Gasteiger partial charge in [0.15, 0.2) is 0 Å². The Hall–Kier alpha value is -1.70. The molecule has 1 aliphatic carbocycles. The van der Waals surface area contributed by atoms with Gasteiger partial charge in [-0.05, 0) is 48.9 Å². The molecule has 5 heteroatoms. The van der Waals surface area contributed by atoms with Crippen LogP contribution in [0, 0.1) is 11.8 Å². The summed E-state index contributed by atoms with van der Waals surface area (Å²) in [6.45, 7) is 7.32. The predicted molar refractivity (Wildman–Crippen MR) is 97.4 cm³/mol. The number of piperazine rings is 1. The average Bonchev–Trinajstić information content (AvgIpc) is 3.33. The predicted octanol–water partition coefficient (Wildman–Crippen LogP) is 2.75. The monoisotopic (exact) mass is 345 g/mol. The summed E-state index contributed by atoms with van der Waals surface area (Å²) in [7, 11) is 0. The quantitative estimate of drug-likeness (QED) is 0.809. The number of nitrogens with one attached hydrogen (secondary N) is 2. The molecule has 3 rings (SSSR count). The van der Waals surface area contributed by atoms with Crippen molar-refractivity contribution in [2.75, 3.05) is 26.2 Å². The first kappa shape index (κ1) is 17.1. The molecular formula is C19H24ClN3O. The summed E-state index contributed by atoms with van der Waals surface area (Å²) in [5.74, 6) is 6.29. The van der Waals surface area contributed by atoms with E-state index in [1.54, 1.807) is 0 Å². The number of carbonyl (C=O) groups is 1. The van der Waals surface area contributed by atoms with Gasteiger partial charge in [-0.1, -0.05) is 30.4 Å². The largest absolute Gasteiger partial charge is 0.325 e. The van der Waals surface area contributed by atoms with Crippen molar-refractivity contribution >= 4 is 17.6 Å². The summed E-state index contributed by atoms with van der Waals surface area (Å²) < 4.78 is 0. The smallest absolute Gasteiger partial charge is 0.318 e. The number of halogens is 1. The maximum Gasteiger partial charge on any atom is 0.318 e. The molecule has 128 valence electrons. The fourth-order valence-electron chi connectivity index (χ4n) is 2.89. The van der Waals surface area contributed by atoms with Crippen molar-refractivity contribution < 1.29 is 4.79 Å². The number of hydrogen-bond acceptors (Lipinski definition) is 2. The molecule has 1 atom stereocenters. The van der Waals surface area contributed by atoms with Crippen molar-refractivity contribution in [3.8, 4) is 11.8 Å². The SMILES string of the molecule is CC(C#Cc1ccc(Cl)c(C2(C)CC2)c1)NC(=O)N1CCNCC1. The number of urea groups is 1. The van der Waals surface area contributed by atoms with Crippen LogP contribution >= 0.6 is 11.6 Å². The second-order valence-corrected chi connectivity index (χ2v) is 7.34. The lowest BCUT2D eigenvalue weighted by molar-refractivity contribution is 0.189. The number of rotatable bonds is 2. The van der Waals surface area contributed by atoms with Crippen molar-refractivity contribution in [3.05, 3.63) is 34.3 Å². The molecule has 0 spiro atoms. The van der Waals surface area contributed by atoms with Gasteiger partial charge < -0.3 is 15.5 Å². The van der Waals surface area contributed by atoms with Gasteiger partial charge in [0.05, 0.1) is 6.04 Å². The van der Waals surface area contributed by atoms with Crippen molar-refractivity contribution in [2.45, 2.75) is 38.1 Å². The van der Waals surface area contributed by atoms with Crippen molar-refractivity contribution in [1.82, 2.24) is 15.5 Å². The normalized spacial score (nSPS) is 19.9. The van der Waals surface area contributed by atoms with Crippen molar-refractivity contribution in [3.63, 3.8) is 0 Å². The highest BCUT2D eigenvalue weighted by molar-refractivity contribution is 6.31. The molecule has 0 radical (unpaired) electrons. The fourth-order valence-corrected chi connectivity index (χ4v) is 3.24. The molecule has 0 aromatic heterocycles. The van der Waals surface area contributed by atoms with Gasteiger partial charge in [-0.25, -0.2) is 4.79 Å². The second-order valence-electron chi connectivity index (χ2n) is 6.93. The van der Waals surface area contributed by atoms with E-state index >= 15 is 0 Å². The molecule has 2 fully saturated rings. The van der Waals surface area contributed by atoms with Crippen molar-refractivity contribution in [1.29, 1.82) is 0 Å². The molecule has 24 heavy (non-hydrogen) atoms. The van der Waals surface area contributed by atoms with Gasteiger partial charge in [0.1, 0.15) is 0 Å². The van der Waals surface area contributed by atoms with Gasteiger partial charge in [0.25, 0.3) is 0 Å². The summed E-state index contributed by atoms with van der Waals surface area (Å²) in [5, 5.41) is 7.00. The van der Waals surface area contributed by atoms with Crippen LogP contribution in [-0.4, -0.2) is 43.2 Å². The highest BCUT2D eigenvalue weighted by Gasteiger charge is 2.40. The topological polar surface area (TPSA) is 44.4 Å². The molecule has 1 saturated heterocycles. The van der Waals surface area contributed by atoms with Crippen molar-refractivity contribution in [2.24, 2.45) is 0 Å². The zero-order valence-corrected chi connectivity index (χ0v) is 15.0. The molecule has 1 unspecified atom stereocenters. The zero-order chi connectivity index (χ0) is 17.2. The van der Waals surface area contributed by atoms with E-state index in [2.05, 4.69) is 35.5 Å². The Kier molecular flexibility index (Phi) is 5.03. The van der Waals surface area contributed by atoms with E-state index in [-0.39, 0.29) is 17.5 Å². The van der Waals surface area contributed by atoms with Gasteiger partial charge in [0, 0.05) is 36.8 Å². The third-order valence-corrected chi connectivity index (χ3v) is 5.12. The third kappa shape index (κ3) is 4.03. The van der Waals surface area contributed by atoms with E-state index in [1.807, 2.05) is 24.0 Å². The Bertz CT molecular complexity index is 682. The molecule has 0 bridgehead atoms. The van der Waals surface area contributed by atoms with Crippen LogP contribution in [0.15, 0.2) is 18.2 Å². The Morgan fingerprint density at radius 1 is 1.38 bits per heavy atom. The molecule has 1 aliphatic heterocycles. The van der Waals surface area contributed by atoms with Crippen LogP contribution in [0.4, 0.5) is 4.79 Å². The van der Waals surface area contributed by atoms with E-state index in [0.717, 1.165) is 36.8 Å². The number of carbonyl (C=O) groups excluding carboxylic acids is 1. The summed E-state index contributed by atoms with van der Waals surface area (Å²) >= 11 is 6.32. The van der Waals surface area contributed by atoms with Crippen LogP contribution < -0.4 is 10.6 Å². The number of hydrogen-bond donors (Lipinski definition) is 2. The molecule has 2 aliphatic rings. The molecule has 4 nitrogen and oxygen atoms in total. The minimum Gasteiger partial charge on any atom is -0.325 e. The highest BCUT2D eigenvalue weighted by atomic mass is 35.5. The first-order chi connectivity index (χ1) is 11.5. The minimum atomic E-state index is -0.192. The van der Waals surface area contributed by atoms with E-state index < -0.39 is 0 Å². The van der Waals surface area contributed by atoms with Gasteiger partial charge in [-0.2, -0.15) is 0 Å². The highest BCUT2D eigenvalue weighted by Crippen LogP contribution is 2.50. The van der Waals surface area contributed by atoms with E-state index in [1.165, 1.54) is 18.4 Å². The Balaban J connectivity index is 1.63. The fraction of sp³-hybridized carbons (Fsp3) is 0.526. The van der Waals surface area contributed by atoms with Gasteiger partial charge >= 0.3 is 6.03 Å². The van der Waals surface area contributed by atoms with Crippen LogP contribution in [0.3, 0.4) is 0 Å². The molecule has 1 aromatic carbocycles. The molecular weight excluding hydrogens is 322 g/mol. The molecule has 1 aromatic rings. The van der Waals surface area contributed by atoms with Crippen LogP contribution in [0.2, 0.25) is 5.02 Å². The Morgan fingerprint density at radius 3 is 2.75 bits per heavy atom. The second kappa shape index (κ2) is 7.04. The molecule has 1 heterocycles.